The van der Waals surface area contributed by atoms with Crippen LogP contribution in [0, 0.1) is 0 Å². The molecule has 1 saturated heterocycles. The van der Waals surface area contributed by atoms with E-state index in [1.54, 1.807) is 29.4 Å². The third-order valence-corrected chi connectivity index (χ3v) is 4.12. The minimum atomic E-state index is -0.123. The van der Waals surface area contributed by atoms with Crippen LogP contribution in [-0.4, -0.2) is 40.1 Å². The molecule has 0 saturated carbocycles. The van der Waals surface area contributed by atoms with Crippen molar-refractivity contribution in [1.82, 2.24) is 14.9 Å². The van der Waals surface area contributed by atoms with E-state index in [1.807, 2.05) is 18.2 Å². The summed E-state index contributed by atoms with van der Waals surface area (Å²) in [7, 11) is 0. The van der Waals surface area contributed by atoms with E-state index in [4.69, 9.17) is 16.3 Å². The van der Waals surface area contributed by atoms with E-state index in [0.29, 0.717) is 30.5 Å². The Labute approximate surface area is 145 Å². The highest BCUT2D eigenvalue weighted by Crippen LogP contribution is 2.17. The van der Waals surface area contributed by atoms with Gasteiger partial charge in [0.05, 0.1) is 30.3 Å². The first-order chi connectivity index (χ1) is 11.7. The average molecular weight is 347 g/mol. The molecule has 1 aliphatic rings. The Balaban J connectivity index is 1.42. The topological polar surface area (TPSA) is 67.4 Å². The van der Waals surface area contributed by atoms with Crippen molar-refractivity contribution >= 4 is 23.3 Å². The summed E-state index contributed by atoms with van der Waals surface area (Å²) in [6, 6.07) is 9.04. The van der Waals surface area contributed by atoms with Gasteiger partial charge in [-0.2, -0.15) is 0 Å². The predicted molar refractivity (Wildman–Crippen MR) is 91.9 cm³/mol. The summed E-state index contributed by atoms with van der Waals surface area (Å²) < 4.78 is 5.88. The van der Waals surface area contributed by atoms with Crippen LogP contribution < -0.4 is 5.32 Å². The van der Waals surface area contributed by atoms with Crippen LogP contribution in [0.1, 0.15) is 18.5 Å². The molecule has 126 valence electrons. The van der Waals surface area contributed by atoms with E-state index in [2.05, 4.69) is 15.3 Å². The minimum absolute atomic E-state index is 0.123. The van der Waals surface area contributed by atoms with Crippen LogP contribution in [0.15, 0.2) is 42.7 Å². The molecule has 1 aliphatic heterocycles. The predicted octanol–water partition coefficient (Wildman–Crippen LogP) is 3.34. The number of carbonyl (C=O) groups excluding carboxylic acids is 1. The monoisotopic (exact) mass is 346 g/mol. The van der Waals surface area contributed by atoms with Crippen LogP contribution in [0.2, 0.25) is 5.15 Å². The third-order valence-electron chi connectivity index (χ3n) is 3.90. The molecule has 3 rings (SSSR count). The van der Waals surface area contributed by atoms with Gasteiger partial charge >= 0.3 is 6.03 Å². The number of piperidine rings is 1. The van der Waals surface area contributed by atoms with Crippen molar-refractivity contribution in [3.8, 4) is 0 Å². The number of nitrogens with one attached hydrogen (secondary N) is 1. The molecule has 7 heteroatoms. The molecule has 3 heterocycles. The number of halogens is 1. The molecular weight excluding hydrogens is 328 g/mol. The van der Waals surface area contributed by atoms with Crippen molar-refractivity contribution in [1.29, 1.82) is 0 Å². The van der Waals surface area contributed by atoms with Gasteiger partial charge in [-0.05, 0) is 37.1 Å². The van der Waals surface area contributed by atoms with Crippen LogP contribution in [0.3, 0.4) is 0 Å². The number of likely N-dealkylation sites (tertiary alicyclic amines) is 1. The molecule has 0 aromatic carbocycles. The molecule has 1 N–H and O–H groups in total. The van der Waals surface area contributed by atoms with E-state index in [-0.39, 0.29) is 12.1 Å². The molecular formula is C17H19ClN4O2. The van der Waals surface area contributed by atoms with Crippen molar-refractivity contribution in [2.45, 2.75) is 25.6 Å². The molecule has 2 amide bonds. The fourth-order valence-corrected chi connectivity index (χ4v) is 2.68. The summed E-state index contributed by atoms with van der Waals surface area (Å²) in [6.45, 7) is 1.84. The zero-order chi connectivity index (χ0) is 16.8. The van der Waals surface area contributed by atoms with Gasteiger partial charge in [-0.15, -0.1) is 0 Å². The number of pyridine rings is 2. The van der Waals surface area contributed by atoms with Crippen molar-refractivity contribution < 1.29 is 9.53 Å². The lowest BCUT2D eigenvalue weighted by Crippen LogP contribution is -2.43. The number of aromatic nitrogens is 2. The van der Waals surface area contributed by atoms with Gasteiger partial charge in [-0.25, -0.2) is 9.78 Å². The molecule has 0 radical (unpaired) electrons. The van der Waals surface area contributed by atoms with Crippen molar-refractivity contribution in [3.63, 3.8) is 0 Å². The number of carbonyl (C=O) groups is 1. The van der Waals surface area contributed by atoms with Crippen LogP contribution >= 0.6 is 11.6 Å². The first kappa shape index (κ1) is 16.7. The minimum Gasteiger partial charge on any atom is -0.372 e. The Morgan fingerprint density at radius 1 is 1.25 bits per heavy atom. The van der Waals surface area contributed by atoms with Crippen LogP contribution in [0.25, 0.3) is 0 Å². The number of nitrogens with zero attached hydrogens (tertiary/aromatic N) is 3. The number of anilines is 1. The van der Waals surface area contributed by atoms with Gasteiger partial charge < -0.3 is 15.0 Å². The number of ether oxygens (including phenoxy) is 1. The molecule has 0 bridgehead atoms. The Kier molecular flexibility index (Phi) is 5.61. The second-order valence-electron chi connectivity index (χ2n) is 5.62. The molecule has 6 nitrogen and oxygen atoms in total. The molecule has 24 heavy (non-hydrogen) atoms. The normalized spacial score (nSPS) is 15.3. The number of rotatable bonds is 4. The van der Waals surface area contributed by atoms with E-state index in [0.717, 1.165) is 18.5 Å². The molecule has 0 atom stereocenters. The SMILES string of the molecule is O=C(Nc1ccc(Cl)nc1)N1CCC(OCc2ccccn2)CC1. The Bertz CT molecular complexity index is 658. The van der Waals surface area contributed by atoms with Gasteiger partial charge in [0.15, 0.2) is 0 Å². The second kappa shape index (κ2) is 8.08. The molecule has 0 aliphatic carbocycles. The van der Waals surface area contributed by atoms with Gasteiger partial charge in [-0.3, -0.25) is 4.98 Å². The standard InChI is InChI=1S/C17H19ClN4O2/c18-16-5-4-13(11-20-16)21-17(23)22-9-6-15(7-10-22)24-12-14-3-1-2-8-19-14/h1-5,8,11,15H,6-7,9-10,12H2,(H,21,23). The van der Waals surface area contributed by atoms with E-state index >= 15 is 0 Å². The van der Waals surface area contributed by atoms with Crippen LogP contribution in [0.4, 0.5) is 10.5 Å². The summed E-state index contributed by atoms with van der Waals surface area (Å²) in [4.78, 5) is 22.2. The van der Waals surface area contributed by atoms with Crippen LogP contribution in [-0.2, 0) is 11.3 Å². The largest absolute Gasteiger partial charge is 0.372 e. The zero-order valence-corrected chi connectivity index (χ0v) is 13.9. The van der Waals surface area contributed by atoms with Crippen molar-refractivity contribution in [3.05, 3.63) is 53.6 Å². The fraction of sp³-hybridized carbons (Fsp3) is 0.353. The maximum atomic E-state index is 12.2. The Morgan fingerprint density at radius 3 is 2.75 bits per heavy atom. The zero-order valence-electron chi connectivity index (χ0n) is 13.2. The van der Waals surface area contributed by atoms with Gasteiger partial charge in [0, 0.05) is 19.3 Å². The maximum Gasteiger partial charge on any atom is 0.321 e. The van der Waals surface area contributed by atoms with E-state index in [1.165, 1.54) is 0 Å². The van der Waals surface area contributed by atoms with Crippen molar-refractivity contribution in [2.24, 2.45) is 0 Å². The average Bonchev–Trinajstić information content (AvgIpc) is 2.63. The molecule has 2 aromatic rings. The summed E-state index contributed by atoms with van der Waals surface area (Å²) in [5, 5.41) is 3.23. The lowest BCUT2D eigenvalue weighted by Gasteiger charge is -2.31. The highest BCUT2D eigenvalue weighted by molar-refractivity contribution is 6.29. The highest BCUT2D eigenvalue weighted by atomic mass is 35.5. The smallest absolute Gasteiger partial charge is 0.321 e. The summed E-state index contributed by atoms with van der Waals surface area (Å²) in [5.41, 5.74) is 1.56. The van der Waals surface area contributed by atoms with Gasteiger partial charge in [0.2, 0.25) is 0 Å². The summed E-state index contributed by atoms with van der Waals surface area (Å²) in [5.74, 6) is 0. The molecule has 2 aromatic heterocycles. The molecule has 1 fully saturated rings. The van der Waals surface area contributed by atoms with Gasteiger partial charge in [-0.1, -0.05) is 17.7 Å². The molecule has 0 unspecified atom stereocenters. The Morgan fingerprint density at radius 2 is 2.08 bits per heavy atom. The fourth-order valence-electron chi connectivity index (χ4n) is 2.56. The third kappa shape index (κ3) is 4.66. The number of hydrogen-bond donors (Lipinski definition) is 1. The van der Waals surface area contributed by atoms with Gasteiger partial charge in [0.25, 0.3) is 0 Å². The van der Waals surface area contributed by atoms with Crippen molar-refractivity contribution in [2.75, 3.05) is 18.4 Å². The number of amides is 2. The first-order valence-corrected chi connectivity index (χ1v) is 8.27. The van der Waals surface area contributed by atoms with Crippen LogP contribution in [0.5, 0.6) is 0 Å². The summed E-state index contributed by atoms with van der Waals surface area (Å²) in [6.07, 6.45) is 5.10. The first-order valence-electron chi connectivity index (χ1n) is 7.90. The number of urea groups is 1. The Hall–Kier alpha value is -2.18. The quantitative estimate of drug-likeness (QED) is 0.862. The second-order valence-corrected chi connectivity index (χ2v) is 6.01. The lowest BCUT2D eigenvalue weighted by molar-refractivity contribution is 0.00399. The lowest BCUT2D eigenvalue weighted by atomic mass is 10.1. The summed E-state index contributed by atoms with van der Waals surface area (Å²) >= 11 is 5.73. The highest BCUT2D eigenvalue weighted by Gasteiger charge is 2.23. The molecule has 0 spiro atoms. The van der Waals surface area contributed by atoms with E-state index < -0.39 is 0 Å². The van der Waals surface area contributed by atoms with Gasteiger partial charge in [0.1, 0.15) is 5.15 Å². The number of hydrogen-bond acceptors (Lipinski definition) is 4. The van der Waals surface area contributed by atoms with E-state index in [9.17, 15) is 4.79 Å². The maximum absolute atomic E-state index is 12.2.